The maximum absolute atomic E-state index is 11.7. The zero-order valence-electron chi connectivity index (χ0n) is 13.1. The second kappa shape index (κ2) is 8.02. The molecule has 0 saturated heterocycles. The molecule has 2 N–H and O–H groups in total. The predicted octanol–water partition coefficient (Wildman–Crippen LogP) is 1.48. The monoisotopic (exact) mass is 277 g/mol. The third kappa shape index (κ3) is 7.26. The van der Waals surface area contributed by atoms with Gasteiger partial charge in [0, 0.05) is 19.6 Å². The molecule has 1 aromatic carbocycles. The van der Waals surface area contributed by atoms with Gasteiger partial charge in [-0.2, -0.15) is 0 Å². The third-order valence-electron chi connectivity index (χ3n) is 2.97. The van der Waals surface area contributed by atoms with Crippen LogP contribution in [0.15, 0.2) is 30.3 Å². The normalized spacial score (nSPS) is 11.7. The average Bonchev–Trinajstić information content (AvgIpc) is 2.36. The van der Waals surface area contributed by atoms with Crippen molar-refractivity contribution in [3.63, 3.8) is 0 Å². The summed E-state index contributed by atoms with van der Waals surface area (Å²) < 4.78 is 0. The molecule has 0 radical (unpaired) electrons. The summed E-state index contributed by atoms with van der Waals surface area (Å²) in [6, 6.07) is 9.94. The van der Waals surface area contributed by atoms with Crippen molar-refractivity contribution < 1.29 is 4.79 Å². The van der Waals surface area contributed by atoms with Crippen LogP contribution in [0.5, 0.6) is 0 Å². The lowest BCUT2D eigenvalue weighted by Crippen LogP contribution is -2.41. The zero-order chi connectivity index (χ0) is 15.0. The SMILES string of the molecule is CN(C)CC(C)(C)CNCC(=O)NCc1ccccc1. The molecule has 0 spiro atoms. The Balaban J connectivity index is 2.20. The number of nitrogens with one attached hydrogen (secondary N) is 2. The van der Waals surface area contributed by atoms with Crippen molar-refractivity contribution in [3.8, 4) is 0 Å². The van der Waals surface area contributed by atoms with E-state index in [1.807, 2.05) is 30.3 Å². The molecule has 4 heteroatoms. The van der Waals surface area contributed by atoms with Crippen molar-refractivity contribution in [2.24, 2.45) is 5.41 Å². The largest absolute Gasteiger partial charge is 0.351 e. The predicted molar refractivity (Wildman–Crippen MR) is 83.5 cm³/mol. The van der Waals surface area contributed by atoms with E-state index >= 15 is 0 Å². The Hall–Kier alpha value is -1.39. The molecule has 0 aliphatic rings. The molecule has 0 aliphatic heterocycles. The van der Waals surface area contributed by atoms with Crippen LogP contribution in [0, 0.1) is 5.41 Å². The Bertz CT molecular complexity index is 401. The minimum absolute atomic E-state index is 0.0366. The van der Waals surface area contributed by atoms with E-state index < -0.39 is 0 Å². The van der Waals surface area contributed by atoms with E-state index in [9.17, 15) is 4.79 Å². The summed E-state index contributed by atoms with van der Waals surface area (Å²) in [7, 11) is 4.13. The van der Waals surface area contributed by atoms with Gasteiger partial charge in [-0.25, -0.2) is 0 Å². The molecule has 20 heavy (non-hydrogen) atoms. The van der Waals surface area contributed by atoms with Crippen LogP contribution in [0.1, 0.15) is 19.4 Å². The first-order valence-electron chi connectivity index (χ1n) is 7.05. The van der Waals surface area contributed by atoms with Gasteiger partial charge < -0.3 is 15.5 Å². The number of hydrogen-bond acceptors (Lipinski definition) is 3. The summed E-state index contributed by atoms with van der Waals surface area (Å²) in [6.07, 6.45) is 0. The van der Waals surface area contributed by atoms with Crippen molar-refractivity contribution >= 4 is 5.91 Å². The molecule has 4 nitrogen and oxygen atoms in total. The van der Waals surface area contributed by atoms with Gasteiger partial charge in [-0.1, -0.05) is 44.2 Å². The van der Waals surface area contributed by atoms with Crippen molar-refractivity contribution in [2.45, 2.75) is 20.4 Å². The lowest BCUT2D eigenvalue weighted by molar-refractivity contribution is -0.120. The summed E-state index contributed by atoms with van der Waals surface area (Å²) in [4.78, 5) is 13.9. The number of nitrogens with zero attached hydrogens (tertiary/aromatic N) is 1. The summed E-state index contributed by atoms with van der Waals surface area (Å²) in [5, 5.41) is 6.14. The highest BCUT2D eigenvalue weighted by atomic mass is 16.1. The van der Waals surface area contributed by atoms with Crippen molar-refractivity contribution in [1.82, 2.24) is 15.5 Å². The topological polar surface area (TPSA) is 44.4 Å². The summed E-state index contributed by atoms with van der Waals surface area (Å²) in [6.45, 7) is 7.16. The highest BCUT2D eigenvalue weighted by molar-refractivity contribution is 5.77. The Kier molecular flexibility index (Phi) is 6.68. The molecule has 0 heterocycles. The Labute approximate surface area is 122 Å². The molecule has 0 saturated carbocycles. The van der Waals surface area contributed by atoms with Crippen LogP contribution < -0.4 is 10.6 Å². The first-order chi connectivity index (χ1) is 9.39. The van der Waals surface area contributed by atoms with E-state index in [2.05, 4.69) is 43.5 Å². The van der Waals surface area contributed by atoms with E-state index in [0.717, 1.165) is 18.7 Å². The van der Waals surface area contributed by atoms with Crippen LogP contribution in [-0.2, 0) is 11.3 Å². The van der Waals surface area contributed by atoms with Gasteiger partial charge in [0.1, 0.15) is 0 Å². The quantitative estimate of drug-likeness (QED) is 0.756. The van der Waals surface area contributed by atoms with Gasteiger partial charge in [0.15, 0.2) is 0 Å². The lowest BCUT2D eigenvalue weighted by atomic mass is 9.93. The fourth-order valence-electron chi connectivity index (χ4n) is 2.29. The molecule has 1 amide bonds. The maximum atomic E-state index is 11.7. The molecule has 1 rings (SSSR count). The molecule has 0 atom stereocenters. The average molecular weight is 277 g/mol. The number of amides is 1. The van der Waals surface area contributed by atoms with E-state index in [-0.39, 0.29) is 11.3 Å². The van der Waals surface area contributed by atoms with Crippen LogP contribution in [0.2, 0.25) is 0 Å². The van der Waals surface area contributed by atoms with Crippen LogP contribution in [0.25, 0.3) is 0 Å². The zero-order valence-corrected chi connectivity index (χ0v) is 13.1. The second-order valence-electron chi connectivity index (χ2n) is 6.27. The van der Waals surface area contributed by atoms with Crippen molar-refractivity contribution in [1.29, 1.82) is 0 Å². The van der Waals surface area contributed by atoms with Crippen molar-refractivity contribution in [2.75, 3.05) is 33.7 Å². The number of rotatable bonds is 8. The molecule has 112 valence electrons. The fraction of sp³-hybridized carbons (Fsp3) is 0.562. The fourth-order valence-corrected chi connectivity index (χ4v) is 2.29. The smallest absolute Gasteiger partial charge is 0.234 e. The lowest BCUT2D eigenvalue weighted by Gasteiger charge is -2.28. The van der Waals surface area contributed by atoms with Gasteiger partial charge in [0.05, 0.1) is 6.54 Å². The Morgan fingerprint density at radius 1 is 1.20 bits per heavy atom. The number of hydrogen-bond donors (Lipinski definition) is 2. The van der Waals surface area contributed by atoms with Gasteiger partial charge in [0.25, 0.3) is 0 Å². The summed E-state index contributed by atoms with van der Waals surface area (Å²) >= 11 is 0. The van der Waals surface area contributed by atoms with Gasteiger partial charge in [-0.15, -0.1) is 0 Å². The Morgan fingerprint density at radius 2 is 1.85 bits per heavy atom. The first-order valence-corrected chi connectivity index (χ1v) is 7.05. The molecule has 0 unspecified atom stereocenters. The Morgan fingerprint density at radius 3 is 2.45 bits per heavy atom. The molecular weight excluding hydrogens is 250 g/mol. The number of carbonyl (C=O) groups excluding carboxylic acids is 1. The third-order valence-corrected chi connectivity index (χ3v) is 2.97. The van der Waals surface area contributed by atoms with Crippen molar-refractivity contribution in [3.05, 3.63) is 35.9 Å². The highest BCUT2D eigenvalue weighted by Crippen LogP contribution is 2.13. The van der Waals surface area contributed by atoms with Gasteiger partial charge in [-0.3, -0.25) is 4.79 Å². The van der Waals surface area contributed by atoms with Crippen LogP contribution in [0.3, 0.4) is 0 Å². The highest BCUT2D eigenvalue weighted by Gasteiger charge is 2.18. The van der Waals surface area contributed by atoms with Crippen LogP contribution in [-0.4, -0.2) is 44.5 Å². The number of benzene rings is 1. The first kappa shape index (κ1) is 16.7. The van der Waals surface area contributed by atoms with E-state index in [1.165, 1.54) is 0 Å². The molecule has 1 aromatic rings. The van der Waals surface area contributed by atoms with E-state index in [0.29, 0.717) is 13.1 Å². The van der Waals surface area contributed by atoms with E-state index in [1.54, 1.807) is 0 Å². The van der Waals surface area contributed by atoms with Gasteiger partial charge in [0.2, 0.25) is 5.91 Å². The number of carbonyl (C=O) groups is 1. The molecule has 0 bridgehead atoms. The summed E-state index contributed by atoms with van der Waals surface area (Å²) in [5.74, 6) is 0.0366. The standard InChI is InChI=1S/C16H27N3O/c1-16(2,13-19(3)4)12-17-11-15(20)18-10-14-8-6-5-7-9-14/h5-9,17H,10-13H2,1-4H3,(H,18,20). The minimum atomic E-state index is 0.0366. The minimum Gasteiger partial charge on any atom is -0.351 e. The maximum Gasteiger partial charge on any atom is 0.234 e. The van der Waals surface area contributed by atoms with Crippen LogP contribution >= 0.6 is 0 Å². The van der Waals surface area contributed by atoms with Gasteiger partial charge >= 0.3 is 0 Å². The molecule has 0 aromatic heterocycles. The van der Waals surface area contributed by atoms with Crippen LogP contribution in [0.4, 0.5) is 0 Å². The summed E-state index contributed by atoms with van der Waals surface area (Å²) in [5.41, 5.74) is 1.28. The second-order valence-corrected chi connectivity index (χ2v) is 6.27. The molecule has 0 fully saturated rings. The van der Waals surface area contributed by atoms with E-state index in [4.69, 9.17) is 0 Å². The molecular formula is C16H27N3O. The van der Waals surface area contributed by atoms with Gasteiger partial charge in [-0.05, 0) is 25.1 Å². The molecule has 0 aliphatic carbocycles.